The molecule has 3 aromatic rings. The van der Waals surface area contributed by atoms with Crippen LogP contribution < -0.4 is 0 Å². The van der Waals surface area contributed by atoms with E-state index in [1.165, 1.54) is 4.90 Å². The minimum atomic E-state index is -5.00. The highest BCUT2D eigenvalue weighted by Crippen LogP contribution is 2.36. The molecule has 0 atom stereocenters. The summed E-state index contributed by atoms with van der Waals surface area (Å²) < 4.78 is 80.2. The number of alkyl halides is 6. The molecular weight excluding hydrogens is 438 g/mol. The minimum absolute atomic E-state index is 0.0174. The number of nitrogens with zero attached hydrogens (tertiary/aromatic N) is 4. The van der Waals surface area contributed by atoms with E-state index in [1.807, 2.05) is 35.4 Å². The van der Waals surface area contributed by atoms with Gasteiger partial charge in [0.05, 0.1) is 22.3 Å². The van der Waals surface area contributed by atoms with Gasteiger partial charge in [0.2, 0.25) is 0 Å². The van der Waals surface area contributed by atoms with Crippen molar-refractivity contribution in [2.75, 3.05) is 26.2 Å². The number of hydrogen-bond acceptors (Lipinski definition) is 3. The second kappa shape index (κ2) is 8.12. The molecule has 1 aliphatic rings. The standard InChI is InChI=1S/C21H18F6N4O/c22-20(23,24)15-9-14(10-16(11-15)21(25,26)27)19(32)30-7-5-29(6-8-30)13-17-12-18-3-1-2-4-31(18)28-17/h1-4,9-12H,5-8,13H2. The first kappa shape index (κ1) is 22.1. The molecule has 11 heteroatoms. The first-order valence-electron chi connectivity index (χ1n) is 9.75. The molecule has 0 unspecified atom stereocenters. The van der Waals surface area contributed by atoms with Gasteiger partial charge in [0.15, 0.2) is 0 Å². The van der Waals surface area contributed by atoms with Gasteiger partial charge in [-0.3, -0.25) is 9.69 Å². The number of carbonyl (C=O) groups is 1. The number of halogens is 6. The predicted octanol–water partition coefficient (Wildman–Crippen LogP) is 4.33. The van der Waals surface area contributed by atoms with Crippen LogP contribution in [0.5, 0.6) is 0 Å². The number of piperazine rings is 1. The minimum Gasteiger partial charge on any atom is -0.336 e. The van der Waals surface area contributed by atoms with Crippen LogP contribution in [0.25, 0.3) is 5.52 Å². The van der Waals surface area contributed by atoms with Crippen molar-refractivity contribution in [3.63, 3.8) is 0 Å². The highest BCUT2D eigenvalue weighted by atomic mass is 19.4. The third-order valence-electron chi connectivity index (χ3n) is 5.30. The lowest BCUT2D eigenvalue weighted by Crippen LogP contribution is -2.48. The van der Waals surface area contributed by atoms with E-state index in [0.29, 0.717) is 31.8 Å². The first-order chi connectivity index (χ1) is 15.0. The Kier molecular flexibility index (Phi) is 5.61. The van der Waals surface area contributed by atoms with Crippen LogP contribution in [0.1, 0.15) is 27.2 Å². The van der Waals surface area contributed by atoms with Crippen LogP contribution in [-0.2, 0) is 18.9 Å². The Labute approximate surface area is 178 Å². The second-order valence-electron chi connectivity index (χ2n) is 7.57. The zero-order chi connectivity index (χ0) is 23.1. The topological polar surface area (TPSA) is 40.9 Å². The van der Waals surface area contributed by atoms with E-state index in [-0.39, 0.29) is 19.2 Å². The van der Waals surface area contributed by atoms with Crippen molar-refractivity contribution in [2.24, 2.45) is 0 Å². The molecule has 170 valence electrons. The van der Waals surface area contributed by atoms with Crippen LogP contribution in [0.4, 0.5) is 26.3 Å². The van der Waals surface area contributed by atoms with Crippen LogP contribution in [0, 0.1) is 0 Å². The van der Waals surface area contributed by atoms with Crippen LogP contribution in [0.3, 0.4) is 0 Å². The average Bonchev–Trinajstić information content (AvgIpc) is 3.14. The summed E-state index contributed by atoms with van der Waals surface area (Å²) in [4.78, 5) is 16.0. The van der Waals surface area contributed by atoms with Gasteiger partial charge in [0, 0.05) is 44.5 Å². The molecule has 1 saturated heterocycles. The van der Waals surface area contributed by atoms with Gasteiger partial charge in [-0.05, 0) is 36.4 Å². The van der Waals surface area contributed by atoms with Gasteiger partial charge in [0.25, 0.3) is 5.91 Å². The molecule has 1 aliphatic heterocycles. The molecule has 2 aromatic heterocycles. The quantitative estimate of drug-likeness (QED) is 0.551. The van der Waals surface area contributed by atoms with Gasteiger partial charge < -0.3 is 4.90 Å². The van der Waals surface area contributed by atoms with E-state index in [4.69, 9.17) is 0 Å². The van der Waals surface area contributed by atoms with Gasteiger partial charge >= 0.3 is 12.4 Å². The number of carbonyl (C=O) groups excluding carboxylic acids is 1. The van der Waals surface area contributed by atoms with Crippen LogP contribution in [0.2, 0.25) is 0 Å². The lowest BCUT2D eigenvalue weighted by atomic mass is 10.0. The molecule has 0 bridgehead atoms. The lowest BCUT2D eigenvalue weighted by Gasteiger charge is -2.34. The Morgan fingerprint density at radius 1 is 0.875 bits per heavy atom. The van der Waals surface area contributed by atoms with Crippen molar-refractivity contribution in [1.29, 1.82) is 0 Å². The van der Waals surface area contributed by atoms with Crippen LogP contribution >= 0.6 is 0 Å². The molecule has 0 N–H and O–H groups in total. The van der Waals surface area contributed by atoms with Crippen molar-refractivity contribution < 1.29 is 31.1 Å². The third-order valence-corrected chi connectivity index (χ3v) is 5.30. The number of rotatable bonds is 3. The Morgan fingerprint density at radius 3 is 2.06 bits per heavy atom. The molecular formula is C21H18F6N4O. The summed E-state index contributed by atoms with van der Waals surface area (Å²) in [6.45, 7) is 1.73. The van der Waals surface area contributed by atoms with Crippen LogP contribution in [-0.4, -0.2) is 51.5 Å². The number of hydrogen-bond donors (Lipinski definition) is 0. The number of benzene rings is 1. The number of aromatic nitrogens is 2. The fourth-order valence-corrected chi connectivity index (χ4v) is 3.67. The van der Waals surface area contributed by atoms with Crippen molar-refractivity contribution in [1.82, 2.24) is 19.4 Å². The van der Waals surface area contributed by atoms with Crippen molar-refractivity contribution >= 4 is 11.4 Å². The zero-order valence-electron chi connectivity index (χ0n) is 16.6. The van der Waals surface area contributed by atoms with E-state index in [9.17, 15) is 31.1 Å². The van der Waals surface area contributed by atoms with Crippen LogP contribution in [0.15, 0.2) is 48.7 Å². The van der Waals surface area contributed by atoms with Gasteiger partial charge in [-0.15, -0.1) is 0 Å². The monoisotopic (exact) mass is 456 g/mol. The maximum atomic E-state index is 13.1. The fourth-order valence-electron chi connectivity index (χ4n) is 3.67. The third kappa shape index (κ3) is 4.72. The van der Waals surface area contributed by atoms with E-state index in [0.717, 1.165) is 11.2 Å². The molecule has 3 heterocycles. The summed E-state index contributed by atoms with van der Waals surface area (Å²) in [6.07, 6.45) is -8.17. The number of amides is 1. The van der Waals surface area contributed by atoms with Gasteiger partial charge in [-0.25, -0.2) is 4.52 Å². The second-order valence-corrected chi connectivity index (χ2v) is 7.57. The zero-order valence-corrected chi connectivity index (χ0v) is 16.6. The molecule has 1 aromatic carbocycles. The summed E-state index contributed by atoms with van der Waals surface area (Å²) >= 11 is 0. The molecule has 0 radical (unpaired) electrons. The number of pyridine rings is 1. The molecule has 1 amide bonds. The van der Waals surface area contributed by atoms with E-state index >= 15 is 0 Å². The highest BCUT2D eigenvalue weighted by Gasteiger charge is 2.38. The molecule has 0 spiro atoms. The van der Waals surface area contributed by atoms with Gasteiger partial charge in [0.1, 0.15) is 0 Å². The Morgan fingerprint density at radius 2 is 1.50 bits per heavy atom. The Bertz CT molecular complexity index is 1060. The largest absolute Gasteiger partial charge is 0.416 e. The summed E-state index contributed by atoms with van der Waals surface area (Å²) in [5.74, 6) is -0.853. The first-order valence-corrected chi connectivity index (χ1v) is 9.75. The smallest absolute Gasteiger partial charge is 0.336 e. The number of fused-ring (bicyclic) bond motifs is 1. The van der Waals surface area contributed by atoms with E-state index in [2.05, 4.69) is 5.10 Å². The van der Waals surface area contributed by atoms with E-state index < -0.39 is 35.0 Å². The molecule has 1 fully saturated rings. The van der Waals surface area contributed by atoms with E-state index in [1.54, 1.807) is 4.52 Å². The van der Waals surface area contributed by atoms with Crippen molar-refractivity contribution in [3.05, 3.63) is 71.0 Å². The van der Waals surface area contributed by atoms with Gasteiger partial charge in [-0.1, -0.05) is 6.07 Å². The molecule has 32 heavy (non-hydrogen) atoms. The van der Waals surface area contributed by atoms with Crippen molar-refractivity contribution in [3.8, 4) is 0 Å². The average molecular weight is 456 g/mol. The molecule has 4 rings (SSSR count). The molecule has 0 saturated carbocycles. The van der Waals surface area contributed by atoms with Gasteiger partial charge in [-0.2, -0.15) is 31.4 Å². The summed E-state index contributed by atoms with van der Waals surface area (Å²) in [6, 6.07) is 8.55. The Hall–Kier alpha value is -3.08. The molecule has 0 aliphatic carbocycles. The predicted molar refractivity (Wildman–Crippen MR) is 103 cm³/mol. The SMILES string of the molecule is O=C(c1cc(C(F)(F)F)cc(C(F)(F)F)c1)N1CCN(Cc2cc3ccccn3n2)CC1. The maximum Gasteiger partial charge on any atom is 0.416 e. The highest BCUT2D eigenvalue weighted by molar-refractivity contribution is 5.94. The Balaban J connectivity index is 1.46. The lowest BCUT2D eigenvalue weighted by molar-refractivity contribution is -0.143. The summed E-state index contributed by atoms with van der Waals surface area (Å²) in [7, 11) is 0. The molecule has 5 nitrogen and oxygen atoms in total. The normalized spacial score (nSPS) is 16.0. The van der Waals surface area contributed by atoms with Crippen molar-refractivity contribution in [2.45, 2.75) is 18.9 Å². The summed E-state index contributed by atoms with van der Waals surface area (Å²) in [5, 5.41) is 4.46. The fraction of sp³-hybridized carbons (Fsp3) is 0.333. The maximum absolute atomic E-state index is 13.1. The summed E-state index contributed by atoms with van der Waals surface area (Å²) in [5.41, 5.74) is -1.87.